The fourth-order valence-electron chi connectivity index (χ4n) is 1.49. The summed E-state index contributed by atoms with van der Waals surface area (Å²) in [5, 5.41) is 0. The Hall–Kier alpha value is -0.560. The van der Waals surface area contributed by atoms with Crippen molar-refractivity contribution in [1.82, 2.24) is 0 Å². The average molecular weight is 253 g/mol. The van der Waals surface area contributed by atoms with E-state index in [1.54, 1.807) is 0 Å². The Morgan fingerprint density at radius 3 is 2.14 bits per heavy atom. The molecule has 0 fully saturated rings. The van der Waals surface area contributed by atoms with Crippen molar-refractivity contribution in [1.29, 1.82) is 0 Å². The second-order valence-electron chi connectivity index (χ2n) is 4.11. The second-order valence-corrected chi connectivity index (χ2v) is 5.23. The van der Waals surface area contributed by atoms with Gasteiger partial charge in [0.25, 0.3) is 0 Å². The normalized spacial score (nSPS) is 10.6. The largest absolute Gasteiger partial charge is 0.0885 e. The van der Waals surface area contributed by atoms with Gasteiger partial charge in [-0.15, -0.1) is 0 Å². The van der Waals surface area contributed by atoms with Crippen LogP contribution in [0.15, 0.2) is 35.3 Å². The van der Waals surface area contributed by atoms with E-state index >= 15 is 0 Å². The van der Waals surface area contributed by atoms with Gasteiger partial charge in [-0.1, -0.05) is 60.6 Å². The topological polar surface area (TPSA) is 0 Å². The summed E-state index contributed by atoms with van der Waals surface area (Å²) >= 11 is 3.38. The highest BCUT2D eigenvalue weighted by Crippen LogP contribution is 2.14. The highest BCUT2D eigenvalue weighted by atomic mass is 79.9. The molecule has 0 aliphatic rings. The molecule has 1 heteroatoms. The van der Waals surface area contributed by atoms with Crippen molar-refractivity contribution in [3.05, 3.63) is 46.5 Å². The highest BCUT2D eigenvalue weighted by molar-refractivity contribution is 9.11. The minimum atomic E-state index is 0.729. The standard InChI is InChI=1S/C13H17Br/c1-10(2)8-12-4-6-13(7-5-12)9-11(3)14/h4-7,10H,3,8-9H2,1-2H3. The minimum absolute atomic E-state index is 0.729. The quantitative estimate of drug-likeness (QED) is 0.748. The van der Waals surface area contributed by atoms with Gasteiger partial charge >= 0.3 is 0 Å². The van der Waals surface area contributed by atoms with Crippen LogP contribution in [-0.4, -0.2) is 0 Å². The third kappa shape index (κ3) is 4.10. The lowest BCUT2D eigenvalue weighted by atomic mass is 10.0. The summed E-state index contributed by atoms with van der Waals surface area (Å²) in [6.07, 6.45) is 2.08. The van der Waals surface area contributed by atoms with Gasteiger partial charge in [0.15, 0.2) is 0 Å². The predicted molar refractivity (Wildman–Crippen MR) is 66.8 cm³/mol. The van der Waals surface area contributed by atoms with Crippen LogP contribution in [0.3, 0.4) is 0 Å². The molecule has 0 aliphatic carbocycles. The summed E-state index contributed by atoms with van der Waals surface area (Å²) in [5.74, 6) is 0.729. The molecule has 0 atom stereocenters. The van der Waals surface area contributed by atoms with Gasteiger partial charge < -0.3 is 0 Å². The molecule has 0 heterocycles. The summed E-state index contributed by atoms with van der Waals surface area (Å²) in [7, 11) is 0. The summed E-state index contributed by atoms with van der Waals surface area (Å²) in [6.45, 7) is 8.33. The van der Waals surface area contributed by atoms with Crippen LogP contribution in [0.2, 0.25) is 0 Å². The lowest BCUT2D eigenvalue weighted by Crippen LogP contribution is -1.94. The van der Waals surface area contributed by atoms with Gasteiger partial charge in [-0.25, -0.2) is 0 Å². The molecule has 0 nitrogen and oxygen atoms in total. The maximum atomic E-state index is 3.84. The Morgan fingerprint density at radius 1 is 1.21 bits per heavy atom. The molecule has 0 radical (unpaired) electrons. The maximum Gasteiger partial charge on any atom is 0.00347 e. The van der Waals surface area contributed by atoms with E-state index in [1.807, 2.05) is 0 Å². The van der Waals surface area contributed by atoms with Crippen molar-refractivity contribution in [2.45, 2.75) is 26.7 Å². The van der Waals surface area contributed by atoms with Gasteiger partial charge in [0.2, 0.25) is 0 Å². The second kappa shape index (κ2) is 5.35. The lowest BCUT2D eigenvalue weighted by molar-refractivity contribution is 0.647. The summed E-state index contributed by atoms with van der Waals surface area (Å²) in [4.78, 5) is 0. The molecule has 1 rings (SSSR count). The summed E-state index contributed by atoms with van der Waals surface area (Å²) in [5.41, 5.74) is 2.74. The van der Waals surface area contributed by atoms with Crippen LogP contribution in [-0.2, 0) is 12.8 Å². The molecule has 0 saturated heterocycles. The summed E-state index contributed by atoms with van der Waals surface area (Å²) < 4.78 is 1.04. The van der Waals surface area contributed by atoms with Crippen LogP contribution in [0.25, 0.3) is 0 Å². The van der Waals surface area contributed by atoms with E-state index in [9.17, 15) is 0 Å². The molecule has 0 saturated carbocycles. The van der Waals surface area contributed by atoms with Gasteiger partial charge in [-0.2, -0.15) is 0 Å². The Balaban J connectivity index is 2.63. The van der Waals surface area contributed by atoms with Crippen molar-refractivity contribution in [2.75, 3.05) is 0 Å². The van der Waals surface area contributed by atoms with Crippen molar-refractivity contribution in [3.63, 3.8) is 0 Å². The Kier molecular flexibility index (Phi) is 4.40. The Morgan fingerprint density at radius 2 is 1.71 bits per heavy atom. The number of rotatable bonds is 4. The predicted octanol–water partition coefficient (Wildman–Crippen LogP) is 4.34. The van der Waals surface area contributed by atoms with Crippen molar-refractivity contribution in [2.24, 2.45) is 5.92 Å². The van der Waals surface area contributed by atoms with Crippen LogP contribution >= 0.6 is 15.9 Å². The first kappa shape index (κ1) is 11.5. The first-order valence-electron chi connectivity index (χ1n) is 4.99. The third-order valence-electron chi connectivity index (χ3n) is 2.06. The highest BCUT2D eigenvalue weighted by Gasteiger charge is 1.98. The molecule has 14 heavy (non-hydrogen) atoms. The molecule has 0 aromatic heterocycles. The van der Waals surface area contributed by atoms with Gasteiger partial charge in [0, 0.05) is 6.42 Å². The fraction of sp³-hybridized carbons (Fsp3) is 0.385. The van der Waals surface area contributed by atoms with Crippen LogP contribution < -0.4 is 0 Å². The maximum absolute atomic E-state index is 3.84. The Bertz CT molecular complexity index is 296. The minimum Gasteiger partial charge on any atom is -0.0885 e. The molecule has 0 bridgehead atoms. The molecule has 1 aromatic rings. The number of halogens is 1. The van der Waals surface area contributed by atoms with Crippen LogP contribution in [0.5, 0.6) is 0 Å². The summed E-state index contributed by atoms with van der Waals surface area (Å²) in [6, 6.07) is 8.80. The van der Waals surface area contributed by atoms with Crippen LogP contribution in [0.1, 0.15) is 25.0 Å². The molecule has 0 unspecified atom stereocenters. The molecule has 0 aliphatic heterocycles. The van der Waals surface area contributed by atoms with Crippen LogP contribution in [0, 0.1) is 5.92 Å². The first-order chi connectivity index (χ1) is 6.58. The average Bonchev–Trinajstić information content (AvgIpc) is 2.06. The zero-order valence-corrected chi connectivity index (χ0v) is 10.5. The smallest absolute Gasteiger partial charge is 0.00347 e. The van der Waals surface area contributed by atoms with Gasteiger partial charge in [0.05, 0.1) is 0 Å². The van der Waals surface area contributed by atoms with Crippen molar-refractivity contribution in [3.8, 4) is 0 Å². The van der Waals surface area contributed by atoms with Gasteiger partial charge in [0.1, 0.15) is 0 Å². The van der Waals surface area contributed by atoms with Gasteiger partial charge in [-0.3, -0.25) is 0 Å². The van der Waals surface area contributed by atoms with Crippen molar-refractivity contribution >= 4 is 15.9 Å². The van der Waals surface area contributed by atoms with Crippen molar-refractivity contribution < 1.29 is 0 Å². The van der Waals surface area contributed by atoms with Gasteiger partial charge in [-0.05, 0) is 27.9 Å². The first-order valence-corrected chi connectivity index (χ1v) is 5.78. The van der Waals surface area contributed by atoms with E-state index in [0.29, 0.717) is 0 Å². The molecule has 0 N–H and O–H groups in total. The number of hydrogen-bond acceptors (Lipinski definition) is 0. The molecule has 0 amide bonds. The number of hydrogen-bond donors (Lipinski definition) is 0. The van der Waals surface area contributed by atoms with E-state index in [2.05, 4.69) is 60.6 Å². The zero-order chi connectivity index (χ0) is 10.6. The van der Waals surface area contributed by atoms with E-state index < -0.39 is 0 Å². The molecule has 0 spiro atoms. The Labute approximate surface area is 95.2 Å². The monoisotopic (exact) mass is 252 g/mol. The molecular weight excluding hydrogens is 236 g/mol. The molecule has 1 aromatic carbocycles. The SMILES string of the molecule is C=C(Br)Cc1ccc(CC(C)C)cc1. The zero-order valence-electron chi connectivity index (χ0n) is 8.89. The fourth-order valence-corrected chi connectivity index (χ4v) is 1.81. The van der Waals surface area contributed by atoms with E-state index in [1.165, 1.54) is 11.1 Å². The third-order valence-corrected chi connectivity index (χ3v) is 2.34. The van der Waals surface area contributed by atoms with E-state index in [-0.39, 0.29) is 0 Å². The molecule has 76 valence electrons. The number of allylic oxidation sites excluding steroid dienone is 1. The van der Waals surface area contributed by atoms with Crippen LogP contribution in [0.4, 0.5) is 0 Å². The lowest BCUT2D eigenvalue weighted by Gasteiger charge is -2.06. The number of benzene rings is 1. The van der Waals surface area contributed by atoms with E-state index in [4.69, 9.17) is 0 Å². The van der Waals surface area contributed by atoms with E-state index in [0.717, 1.165) is 23.2 Å². The molecular formula is C13H17Br.